The van der Waals surface area contributed by atoms with Gasteiger partial charge in [-0.1, -0.05) is 42.5 Å². The largest absolute Gasteiger partial charge is 0.869 e. The van der Waals surface area contributed by atoms with Crippen LogP contribution in [-0.2, 0) is 16.6 Å². The molecule has 5 rings (SSSR count). The third-order valence-electron chi connectivity index (χ3n) is 6.50. The summed E-state index contributed by atoms with van der Waals surface area (Å²) in [6, 6.07) is 20.5. The molecular weight excluding hydrogens is 544 g/mol. The van der Waals surface area contributed by atoms with Crippen molar-refractivity contribution >= 4 is 38.9 Å². The summed E-state index contributed by atoms with van der Waals surface area (Å²) in [6.45, 7) is 0.878. The van der Waals surface area contributed by atoms with Crippen molar-refractivity contribution in [3.8, 4) is 5.75 Å². The van der Waals surface area contributed by atoms with Crippen LogP contribution in [0.5, 0.6) is 5.75 Å². The summed E-state index contributed by atoms with van der Waals surface area (Å²) < 4.78 is 38.3. The van der Waals surface area contributed by atoms with E-state index in [-0.39, 0.29) is 27.6 Å². The van der Waals surface area contributed by atoms with E-state index in [9.17, 15) is 23.1 Å². The highest BCUT2D eigenvalue weighted by molar-refractivity contribution is 7.90. The lowest BCUT2D eigenvalue weighted by Crippen LogP contribution is -2.35. The van der Waals surface area contributed by atoms with Crippen LogP contribution in [-0.4, -0.2) is 44.0 Å². The number of allylic oxidation sites excluding steroid dienone is 1. The van der Waals surface area contributed by atoms with Gasteiger partial charge in [-0.2, -0.15) is 12.8 Å². The highest BCUT2D eigenvalue weighted by atomic mass is 32.2. The fraction of sp³-hybridized carbons (Fsp3) is 0.133. The maximum Gasteiger partial charge on any atom is 0.283 e. The lowest BCUT2D eigenvalue weighted by molar-refractivity contribution is -0.696. The molecule has 41 heavy (non-hydrogen) atoms. The lowest BCUT2D eigenvalue weighted by Gasteiger charge is -2.24. The Morgan fingerprint density at radius 3 is 2.39 bits per heavy atom. The first-order valence-corrected chi connectivity index (χ1v) is 14.2. The number of methoxy groups -OCH3 is 1. The summed E-state index contributed by atoms with van der Waals surface area (Å²) in [5, 5.41) is 16.4. The maximum atomic E-state index is 13.6. The number of hydrogen-bond acceptors (Lipinski definition) is 6. The number of aryl methyl sites for hydroxylation is 1. The fourth-order valence-electron chi connectivity index (χ4n) is 4.41. The minimum atomic E-state index is -4.28. The first-order valence-electron chi connectivity index (χ1n) is 12.7. The minimum Gasteiger partial charge on any atom is -0.869 e. The Labute approximate surface area is 236 Å². The van der Waals surface area contributed by atoms with Crippen LogP contribution in [0.25, 0.3) is 11.5 Å². The highest BCUT2D eigenvalue weighted by Gasteiger charge is 2.33. The summed E-state index contributed by atoms with van der Waals surface area (Å²) in [6.07, 6.45) is 5.42. The number of imidazole rings is 1. The van der Waals surface area contributed by atoms with Crippen LogP contribution < -0.4 is 19.7 Å². The Hall–Kier alpha value is -5.03. The van der Waals surface area contributed by atoms with Gasteiger partial charge in [0.2, 0.25) is 12.1 Å². The number of ketones is 1. The van der Waals surface area contributed by atoms with Crippen molar-refractivity contribution < 1.29 is 32.4 Å². The smallest absolute Gasteiger partial charge is 0.283 e. The van der Waals surface area contributed by atoms with Gasteiger partial charge in [0.15, 0.2) is 11.4 Å². The molecule has 1 amide bonds. The molecule has 1 heterocycles. The van der Waals surface area contributed by atoms with E-state index >= 15 is 0 Å². The second-order valence-corrected chi connectivity index (χ2v) is 10.8. The Kier molecular flexibility index (Phi) is 7.79. The molecule has 0 saturated carbocycles. The average molecular weight is 571 g/mol. The van der Waals surface area contributed by atoms with Gasteiger partial charge in [-0.05, 0) is 47.7 Å². The first-order chi connectivity index (χ1) is 19.8. The van der Waals surface area contributed by atoms with Crippen molar-refractivity contribution in [2.75, 3.05) is 13.7 Å². The molecular formula is C30H26N4O6S. The van der Waals surface area contributed by atoms with Crippen LogP contribution in [0, 0.1) is 0 Å². The van der Waals surface area contributed by atoms with Gasteiger partial charge in [-0.25, -0.2) is 9.13 Å². The number of Topliss-reactive ketones (excluding diaryl/α,β-unsaturated/α-hetero) is 1. The highest BCUT2D eigenvalue weighted by Crippen LogP contribution is 2.30. The molecule has 10 nitrogen and oxygen atoms in total. The van der Waals surface area contributed by atoms with Crippen LogP contribution in [0.3, 0.4) is 0 Å². The summed E-state index contributed by atoms with van der Waals surface area (Å²) in [5.41, 5.74) is 0.173. The van der Waals surface area contributed by atoms with Gasteiger partial charge in [0.25, 0.3) is 15.9 Å². The van der Waals surface area contributed by atoms with Crippen LogP contribution in [0.4, 0.5) is 0 Å². The maximum absolute atomic E-state index is 13.6. The van der Waals surface area contributed by atoms with Gasteiger partial charge < -0.3 is 15.2 Å². The molecule has 0 atom stereocenters. The van der Waals surface area contributed by atoms with E-state index in [1.165, 1.54) is 28.8 Å². The molecule has 0 unspecified atom stereocenters. The predicted molar refractivity (Wildman–Crippen MR) is 150 cm³/mol. The van der Waals surface area contributed by atoms with Gasteiger partial charge in [-0.3, -0.25) is 9.59 Å². The third kappa shape index (κ3) is 5.80. The van der Waals surface area contributed by atoms with Crippen molar-refractivity contribution in [3.63, 3.8) is 0 Å². The number of hydrogen-bond donors (Lipinski definition) is 1. The molecule has 0 bridgehead atoms. The molecule has 0 fully saturated rings. The van der Waals surface area contributed by atoms with Crippen LogP contribution in [0.15, 0.2) is 107 Å². The second kappa shape index (κ2) is 11.6. The molecule has 0 aliphatic heterocycles. The predicted octanol–water partition coefficient (Wildman–Crippen LogP) is 2.32. The van der Waals surface area contributed by atoms with Gasteiger partial charge >= 0.3 is 0 Å². The quantitative estimate of drug-likeness (QED) is 0.243. The Balaban J connectivity index is 1.37. The summed E-state index contributed by atoms with van der Waals surface area (Å²) >= 11 is 0. The van der Waals surface area contributed by atoms with E-state index in [4.69, 9.17) is 4.74 Å². The second-order valence-electron chi connectivity index (χ2n) is 9.18. The molecule has 4 aromatic rings. The fourth-order valence-corrected chi connectivity index (χ4v) is 5.42. The van der Waals surface area contributed by atoms with Gasteiger partial charge in [0, 0.05) is 24.1 Å². The summed E-state index contributed by atoms with van der Waals surface area (Å²) in [5.74, 6) is -0.725. The van der Waals surface area contributed by atoms with E-state index in [1.807, 2.05) is 0 Å². The van der Waals surface area contributed by atoms with Crippen LogP contribution >= 0.6 is 0 Å². The average Bonchev–Trinajstić information content (AvgIpc) is 3.46. The van der Waals surface area contributed by atoms with Crippen molar-refractivity contribution in [3.05, 3.63) is 114 Å². The normalized spacial score (nSPS) is 14.2. The summed E-state index contributed by atoms with van der Waals surface area (Å²) in [4.78, 5) is 25.8. The molecule has 3 aromatic carbocycles. The topological polar surface area (TPSA) is 134 Å². The molecule has 11 heteroatoms. The third-order valence-corrected chi connectivity index (χ3v) is 7.79. The van der Waals surface area contributed by atoms with E-state index in [0.717, 1.165) is 0 Å². The van der Waals surface area contributed by atoms with E-state index < -0.39 is 27.3 Å². The number of benzene rings is 3. The number of nitrogens with zero attached hydrogens (tertiary/aromatic N) is 3. The van der Waals surface area contributed by atoms with Gasteiger partial charge in [0.1, 0.15) is 18.1 Å². The van der Waals surface area contributed by atoms with Crippen LogP contribution in [0.1, 0.15) is 32.7 Å². The molecule has 1 aliphatic rings. The van der Waals surface area contributed by atoms with Crippen molar-refractivity contribution in [1.82, 2.24) is 9.88 Å². The molecule has 0 radical (unpaired) electrons. The number of carbonyl (C=O) groups is 2. The van der Waals surface area contributed by atoms with Crippen molar-refractivity contribution in [2.45, 2.75) is 17.9 Å². The van der Waals surface area contributed by atoms with Crippen molar-refractivity contribution in [2.24, 2.45) is 4.40 Å². The Bertz CT molecular complexity index is 1770. The number of amides is 1. The zero-order chi connectivity index (χ0) is 29.0. The Morgan fingerprint density at radius 2 is 1.68 bits per heavy atom. The van der Waals surface area contributed by atoms with Crippen molar-refractivity contribution in [1.29, 1.82) is 0 Å². The number of sulfonamides is 1. The molecule has 0 saturated heterocycles. The zero-order valence-corrected chi connectivity index (χ0v) is 22.9. The van der Waals surface area contributed by atoms with E-state index in [1.54, 1.807) is 85.0 Å². The van der Waals surface area contributed by atoms with Gasteiger partial charge in [0.05, 0.1) is 18.6 Å². The molecule has 1 N–H and O–H groups in total. The minimum absolute atomic E-state index is 0.0924. The van der Waals surface area contributed by atoms with Crippen LogP contribution in [0.2, 0.25) is 0 Å². The molecule has 0 spiro atoms. The number of ether oxygens (including phenoxy) is 1. The number of carbonyl (C=O) groups excluding carboxylic acids is 2. The molecule has 208 valence electrons. The number of rotatable bonds is 9. The first kappa shape index (κ1) is 27.5. The standard InChI is InChI=1S/C30H26N4O6S/c1-40-22-14-12-21(13-15-22)30(37)31-16-7-17-33-18-19-34(20-33)27-26(32-41(38,39)23-8-3-2-4-9-23)28(35)24-10-5-6-11-25(24)29(27)36/h2-6,8-15,18-20H,7,16-17H2,1H3,(H-,31,32,36,37). The van der Waals surface area contributed by atoms with Gasteiger partial charge in [-0.15, -0.1) is 0 Å². The number of aromatic nitrogens is 2. The number of fused-ring (bicyclic) bond motifs is 1. The van der Waals surface area contributed by atoms with E-state index in [0.29, 0.717) is 30.8 Å². The Morgan fingerprint density at radius 1 is 1.00 bits per heavy atom. The lowest BCUT2D eigenvalue weighted by atomic mass is 9.91. The number of nitrogens with one attached hydrogen (secondary N) is 1. The molecule has 1 aromatic heterocycles. The zero-order valence-electron chi connectivity index (χ0n) is 22.1. The SMILES string of the molecule is COc1ccc(C(=O)NCCC[n+]2ccn(C3=C([O-])c4ccccc4C(=O)C3=NS(=O)(=O)c3ccccc3)c2)cc1. The summed E-state index contributed by atoms with van der Waals surface area (Å²) in [7, 11) is -2.72. The van der Waals surface area contributed by atoms with E-state index in [2.05, 4.69) is 9.71 Å². The molecule has 1 aliphatic carbocycles. The monoisotopic (exact) mass is 570 g/mol.